The highest BCUT2D eigenvalue weighted by molar-refractivity contribution is 5.17. The first-order valence-corrected chi connectivity index (χ1v) is 4.22. The van der Waals surface area contributed by atoms with Crippen molar-refractivity contribution in [3.8, 4) is 0 Å². The first-order valence-electron chi connectivity index (χ1n) is 4.22. The molecule has 10 heavy (non-hydrogen) atoms. The Morgan fingerprint density at radius 3 is 2.80 bits per heavy atom. The summed E-state index contributed by atoms with van der Waals surface area (Å²) in [6, 6.07) is 0. The number of rotatable bonds is 0. The third kappa shape index (κ3) is 0.567. The zero-order valence-corrected chi connectivity index (χ0v) is 5.90. The predicted molar refractivity (Wildman–Crippen MR) is 38.3 cm³/mol. The second-order valence-electron chi connectivity index (χ2n) is 4.00. The van der Waals surface area contributed by atoms with Crippen molar-refractivity contribution < 1.29 is 5.11 Å². The van der Waals surface area contributed by atoms with Gasteiger partial charge in [-0.3, -0.25) is 0 Å². The Labute approximate surface area is 60.7 Å². The molecule has 0 aromatic heterocycles. The van der Waals surface area contributed by atoms with Crippen molar-refractivity contribution in [2.24, 2.45) is 23.7 Å². The average Bonchev–Trinajstić information content (AvgIpc) is 2.71. The van der Waals surface area contributed by atoms with Gasteiger partial charge in [-0.05, 0) is 36.5 Å². The van der Waals surface area contributed by atoms with Crippen LogP contribution in [0.2, 0.25) is 0 Å². The van der Waals surface area contributed by atoms with Crippen molar-refractivity contribution in [2.75, 3.05) is 0 Å². The first-order chi connectivity index (χ1) is 4.86. The number of hydrogen-bond donors (Lipinski definition) is 1. The minimum absolute atomic E-state index is 0.0993. The maximum absolute atomic E-state index is 9.45. The molecule has 0 bridgehead atoms. The fraction of sp³-hybridized carbons (Fsp3) is 0.778. The van der Waals surface area contributed by atoms with E-state index in [9.17, 15) is 5.11 Å². The molecule has 3 aliphatic carbocycles. The summed E-state index contributed by atoms with van der Waals surface area (Å²) in [5, 5.41) is 9.45. The maximum atomic E-state index is 9.45. The molecule has 0 saturated heterocycles. The summed E-state index contributed by atoms with van der Waals surface area (Å²) in [5.41, 5.74) is 0. The van der Waals surface area contributed by atoms with E-state index in [-0.39, 0.29) is 6.10 Å². The van der Waals surface area contributed by atoms with E-state index in [1.165, 1.54) is 12.8 Å². The molecule has 3 rings (SSSR count). The number of aliphatic hydroxyl groups excluding tert-OH is 1. The molecule has 0 radical (unpaired) electrons. The second-order valence-corrected chi connectivity index (χ2v) is 4.00. The van der Waals surface area contributed by atoms with Crippen LogP contribution in [0.5, 0.6) is 0 Å². The van der Waals surface area contributed by atoms with Gasteiger partial charge >= 0.3 is 0 Å². The van der Waals surface area contributed by atoms with Crippen molar-refractivity contribution in [2.45, 2.75) is 18.9 Å². The zero-order valence-electron chi connectivity index (χ0n) is 5.90. The molecule has 0 unspecified atom stereocenters. The highest BCUT2D eigenvalue weighted by atomic mass is 16.3. The van der Waals surface area contributed by atoms with E-state index in [0.29, 0.717) is 5.92 Å². The summed E-state index contributed by atoms with van der Waals surface area (Å²) in [7, 11) is 0. The molecule has 2 fully saturated rings. The number of aliphatic hydroxyl groups is 1. The van der Waals surface area contributed by atoms with Gasteiger partial charge in [0.1, 0.15) is 0 Å². The molecule has 1 heteroatoms. The molecule has 0 amide bonds. The molecular weight excluding hydrogens is 124 g/mol. The highest BCUT2D eigenvalue weighted by Crippen LogP contribution is 2.61. The number of fused-ring (bicyclic) bond motifs is 3. The van der Waals surface area contributed by atoms with Crippen molar-refractivity contribution in [1.29, 1.82) is 0 Å². The summed E-state index contributed by atoms with van der Waals surface area (Å²) >= 11 is 0. The predicted octanol–water partition coefficient (Wildman–Crippen LogP) is 1.19. The van der Waals surface area contributed by atoms with Crippen LogP contribution in [0, 0.1) is 23.7 Å². The summed E-state index contributed by atoms with van der Waals surface area (Å²) in [4.78, 5) is 0. The smallest absolute Gasteiger partial charge is 0.0752 e. The van der Waals surface area contributed by atoms with E-state index in [4.69, 9.17) is 0 Å². The molecule has 54 valence electrons. The van der Waals surface area contributed by atoms with Crippen LogP contribution in [0.25, 0.3) is 0 Å². The fourth-order valence-corrected chi connectivity index (χ4v) is 2.47. The standard InChI is InChI=1S/C9H12O/c10-9-2-1-5-3-6(5)7-4-8(7)9/h1-2,5-10H,3-4H2/t5-,6+,7-,8-,9-/m0/s1. The van der Waals surface area contributed by atoms with E-state index < -0.39 is 0 Å². The lowest BCUT2D eigenvalue weighted by molar-refractivity contribution is 0.192. The third-order valence-corrected chi connectivity index (χ3v) is 3.33. The van der Waals surface area contributed by atoms with Crippen molar-refractivity contribution in [1.82, 2.24) is 0 Å². The topological polar surface area (TPSA) is 20.2 Å². The van der Waals surface area contributed by atoms with Crippen molar-refractivity contribution in [3.63, 3.8) is 0 Å². The van der Waals surface area contributed by atoms with Gasteiger partial charge in [0.2, 0.25) is 0 Å². The second kappa shape index (κ2) is 1.48. The molecule has 1 N–H and O–H groups in total. The van der Waals surface area contributed by atoms with Gasteiger partial charge in [-0.2, -0.15) is 0 Å². The van der Waals surface area contributed by atoms with E-state index in [1.54, 1.807) is 0 Å². The van der Waals surface area contributed by atoms with Gasteiger partial charge in [0.05, 0.1) is 6.10 Å². The van der Waals surface area contributed by atoms with Gasteiger partial charge < -0.3 is 5.11 Å². The lowest BCUT2D eigenvalue weighted by atomic mass is 10.1. The van der Waals surface area contributed by atoms with Gasteiger partial charge in [-0.25, -0.2) is 0 Å². The summed E-state index contributed by atoms with van der Waals surface area (Å²) in [5.74, 6) is 3.37. The number of allylic oxidation sites excluding steroid dienone is 1. The maximum Gasteiger partial charge on any atom is 0.0752 e. The molecular formula is C9H12O. The molecule has 0 aromatic carbocycles. The van der Waals surface area contributed by atoms with Crippen LogP contribution in [-0.4, -0.2) is 11.2 Å². The van der Waals surface area contributed by atoms with Crippen LogP contribution >= 0.6 is 0 Å². The van der Waals surface area contributed by atoms with Crippen LogP contribution in [0.15, 0.2) is 12.2 Å². The first kappa shape index (κ1) is 5.36. The van der Waals surface area contributed by atoms with Gasteiger partial charge in [0.25, 0.3) is 0 Å². The lowest BCUT2D eigenvalue weighted by Gasteiger charge is -2.00. The molecule has 3 aliphatic rings. The third-order valence-electron chi connectivity index (χ3n) is 3.33. The minimum Gasteiger partial charge on any atom is -0.389 e. The summed E-state index contributed by atoms with van der Waals surface area (Å²) < 4.78 is 0. The van der Waals surface area contributed by atoms with Gasteiger partial charge in [-0.1, -0.05) is 12.2 Å². The molecule has 0 aromatic rings. The molecule has 1 nitrogen and oxygen atoms in total. The molecule has 0 spiro atoms. The van der Waals surface area contributed by atoms with Crippen molar-refractivity contribution in [3.05, 3.63) is 12.2 Å². The largest absolute Gasteiger partial charge is 0.389 e. The number of hydrogen-bond acceptors (Lipinski definition) is 1. The lowest BCUT2D eigenvalue weighted by Crippen LogP contribution is -2.05. The Morgan fingerprint density at radius 1 is 1.00 bits per heavy atom. The van der Waals surface area contributed by atoms with Crippen LogP contribution < -0.4 is 0 Å². The molecule has 2 saturated carbocycles. The van der Waals surface area contributed by atoms with E-state index in [2.05, 4.69) is 6.08 Å². The summed E-state index contributed by atoms with van der Waals surface area (Å²) in [6.45, 7) is 0. The van der Waals surface area contributed by atoms with Crippen LogP contribution in [0.4, 0.5) is 0 Å². The average molecular weight is 136 g/mol. The van der Waals surface area contributed by atoms with E-state index in [0.717, 1.165) is 17.8 Å². The minimum atomic E-state index is -0.0993. The molecule has 0 heterocycles. The Morgan fingerprint density at radius 2 is 1.90 bits per heavy atom. The normalized spacial score (nSPS) is 62.3. The molecule has 5 atom stereocenters. The Balaban J connectivity index is 1.91. The Kier molecular flexibility index (Phi) is 0.791. The van der Waals surface area contributed by atoms with Gasteiger partial charge in [-0.15, -0.1) is 0 Å². The SMILES string of the molecule is O[C@H]1C=C[C@H]2C[C@H]2[C@@H]2C[C@@H]21. The Hall–Kier alpha value is -0.300. The van der Waals surface area contributed by atoms with E-state index >= 15 is 0 Å². The quantitative estimate of drug-likeness (QED) is 0.496. The van der Waals surface area contributed by atoms with Crippen LogP contribution in [-0.2, 0) is 0 Å². The zero-order chi connectivity index (χ0) is 6.72. The van der Waals surface area contributed by atoms with E-state index in [1.807, 2.05) is 6.08 Å². The van der Waals surface area contributed by atoms with Gasteiger partial charge in [0.15, 0.2) is 0 Å². The monoisotopic (exact) mass is 136 g/mol. The Bertz CT molecular complexity index is 197. The fourth-order valence-electron chi connectivity index (χ4n) is 2.47. The van der Waals surface area contributed by atoms with Gasteiger partial charge in [0, 0.05) is 0 Å². The van der Waals surface area contributed by atoms with Crippen LogP contribution in [0.3, 0.4) is 0 Å². The van der Waals surface area contributed by atoms with Crippen LogP contribution in [0.1, 0.15) is 12.8 Å². The summed E-state index contributed by atoms with van der Waals surface area (Å²) in [6.07, 6.45) is 6.85. The molecule has 0 aliphatic heterocycles. The van der Waals surface area contributed by atoms with Crippen molar-refractivity contribution >= 4 is 0 Å². The highest BCUT2D eigenvalue weighted by Gasteiger charge is 2.55.